The smallest absolute Gasteiger partial charge is 0.221 e. The molecule has 1 aromatic carbocycles. The first kappa shape index (κ1) is 15.4. The quantitative estimate of drug-likeness (QED) is 0.922. The second kappa shape index (κ2) is 6.40. The highest BCUT2D eigenvalue weighted by atomic mass is 16.5. The van der Waals surface area contributed by atoms with Crippen molar-refractivity contribution < 1.29 is 9.53 Å². The van der Waals surface area contributed by atoms with Crippen LogP contribution in [0.5, 0.6) is 0 Å². The largest absolute Gasteiger partial charge is 0.378 e. The molecular formula is C19H23N3O2. The van der Waals surface area contributed by atoms with Crippen molar-refractivity contribution >= 4 is 28.2 Å². The van der Waals surface area contributed by atoms with Crippen LogP contribution in [-0.4, -0.2) is 37.2 Å². The first-order chi connectivity index (χ1) is 11.7. The summed E-state index contributed by atoms with van der Waals surface area (Å²) in [6.07, 6.45) is 4.60. The van der Waals surface area contributed by atoms with Gasteiger partial charge in [0.2, 0.25) is 5.91 Å². The minimum absolute atomic E-state index is 0.0480. The molecule has 2 aliphatic rings. The van der Waals surface area contributed by atoms with E-state index in [0.29, 0.717) is 0 Å². The van der Waals surface area contributed by atoms with Crippen molar-refractivity contribution in [2.24, 2.45) is 0 Å². The van der Waals surface area contributed by atoms with Crippen molar-refractivity contribution in [1.29, 1.82) is 0 Å². The number of ether oxygens (including phenoxy) is 1. The van der Waals surface area contributed by atoms with E-state index in [1.807, 2.05) is 12.1 Å². The number of carbonyl (C=O) groups excluding carboxylic acids is 1. The first-order valence-corrected chi connectivity index (χ1v) is 8.78. The highest BCUT2D eigenvalue weighted by Crippen LogP contribution is 2.37. The van der Waals surface area contributed by atoms with E-state index in [1.54, 1.807) is 0 Å². The van der Waals surface area contributed by atoms with Crippen molar-refractivity contribution in [2.45, 2.75) is 32.6 Å². The highest BCUT2D eigenvalue weighted by Gasteiger charge is 2.23. The fourth-order valence-electron chi connectivity index (χ4n) is 3.83. The van der Waals surface area contributed by atoms with Crippen LogP contribution in [0, 0.1) is 0 Å². The predicted octanol–water partition coefficient (Wildman–Crippen LogP) is 2.91. The summed E-state index contributed by atoms with van der Waals surface area (Å²) in [4.78, 5) is 18.8. The van der Waals surface area contributed by atoms with Gasteiger partial charge in [-0.05, 0) is 49.4 Å². The maximum Gasteiger partial charge on any atom is 0.221 e. The van der Waals surface area contributed by atoms with Gasteiger partial charge in [0.1, 0.15) is 0 Å². The number of hydrogen-bond donors (Lipinski definition) is 1. The molecule has 5 nitrogen and oxygen atoms in total. The number of aryl methyl sites for hydroxylation is 1. The number of amides is 1. The lowest BCUT2D eigenvalue weighted by Crippen LogP contribution is -2.37. The van der Waals surface area contributed by atoms with Gasteiger partial charge in [0, 0.05) is 36.8 Å². The summed E-state index contributed by atoms with van der Waals surface area (Å²) >= 11 is 0. The molecule has 126 valence electrons. The summed E-state index contributed by atoms with van der Waals surface area (Å²) in [5.74, 6) is -0.0480. The van der Waals surface area contributed by atoms with E-state index in [9.17, 15) is 4.79 Å². The van der Waals surface area contributed by atoms with E-state index in [4.69, 9.17) is 9.72 Å². The van der Waals surface area contributed by atoms with E-state index in [2.05, 4.69) is 16.3 Å². The molecule has 1 aromatic heterocycles. The Bertz CT molecular complexity index is 782. The number of morpholine rings is 1. The zero-order chi connectivity index (χ0) is 16.5. The lowest BCUT2D eigenvalue weighted by atomic mass is 9.92. The molecule has 5 heteroatoms. The monoisotopic (exact) mass is 325 g/mol. The normalized spacial score (nSPS) is 17.6. The Hall–Kier alpha value is -2.14. The Balaban J connectivity index is 1.90. The number of hydrogen-bond acceptors (Lipinski definition) is 4. The van der Waals surface area contributed by atoms with Gasteiger partial charge in [0.15, 0.2) is 0 Å². The molecule has 1 saturated heterocycles. The van der Waals surface area contributed by atoms with Crippen LogP contribution in [0.3, 0.4) is 0 Å². The maximum absolute atomic E-state index is 11.4. The molecule has 2 aromatic rings. The number of pyridine rings is 1. The summed E-state index contributed by atoms with van der Waals surface area (Å²) in [6.45, 7) is 4.90. The van der Waals surface area contributed by atoms with Gasteiger partial charge in [-0.3, -0.25) is 9.78 Å². The van der Waals surface area contributed by atoms with Crippen LogP contribution >= 0.6 is 0 Å². The molecule has 0 bridgehead atoms. The van der Waals surface area contributed by atoms with Gasteiger partial charge in [0.05, 0.1) is 24.4 Å². The Morgan fingerprint density at radius 3 is 2.79 bits per heavy atom. The van der Waals surface area contributed by atoms with Gasteiger partial charge in [-0.25, -0.2) is 0 Å². The van der Waals surface area contributed by atoms with Gasteiger partial charge in [-0.15, -0.1) is 0 Å². The standard InChI is InChI=1S/C19H23N3O2/c1-13(23)20-14-6-7-18-16(12-14)19(22-8-10-24-11-9-22)15-4-2-3-5-17(15)21-18/h6-7,12H,2-5,8-11H2,1H3,(H,20,23). The minimum Gasteiger partial charge on any atom is -0.378 e. The second-order valence-electron chi connectivity index (χ2n) is 6.61. The van der Waals surface area contributed by atoms with Crippen molar-refractivity contribution in [3.8, 4) is 0 Å². The van der Waals surface area contributed by atoms with Crippen LogP contribution in [0.4, 0.5) is 11.4 Å². The molecule has 4 rings (SSSR count). The minimum atomic E-state index is -0.0480. The number of fused-ring (bicyclic) bond motifs is 2. The predicted molar refractivity (Wildman–Crippen MR) is 95.7 cm³/mol. The molecule has 2 heterocycles. The zero-order valence-electron chi connectivity index (χ0n) is 14.1. The van der Waals surface area contributed by atoms with Gasteiger partial charge < -0.3 is 15.0 Å². The Kier molecular flexibility index (Phi) is 4.10. The fourth-order valence-corrected chi connectivity index (χ4v) is 3.83. The molecule has 1 aliphatic carbocycles. The van der Waals surface area contributed by atoms with E-state index in [-0.39, 0.29) is 5.91 Å². The molecule has 24 heavy (non-hydrogen) atoms. The number of aromatic nitrogens is 1. The highest BCUT2D eigenvalue weighted by molar-refractivity contribution is 5.98. The van der Waals surface area contributed by atoms with Crippen LogP contribution in [0.15, 0.2) is 18.2 Å². The topological polar surface area (TPSA) is 54.5 Å². The van der Waals surface area contributed by atoms with Crippen molar-refractivity contribution in [3.05, 3.63) is 29.5 Å². The van der Waals surface area contributed by atoms with Gasteiger partial charge in [-0.2, -0.15) is 0 Å². The van der Waals surface area contributed by atoms with Crippen LogP contribution in [-0.2, 0) is 22.4 Å². The number of rotatable bonds is 2. The third kappa shape index (κ3) is 2.84. The number of benzene rings is 1. The van der Waals surface area contributed by atoms with E-state index in [0.717, 1.165) is 55.7 Å². The van der Waals surface area contributed by atoms with Crippen LogP contribution in [0.25, 0.3) is 10.9 Å². The second-order valence-corrected chi connectivity index (χ2v) is 6.61. The molecule has 0 spiro atoms. The van der Waals surface area contributed by atoms with E-state index in [1.165, 1.54) is 36.7 Å². The molecule has 1 amide bonds. The Morgan fingerprint density at radius 1 is 1.21 bits per heavy atom. The van der Waals surface area contributed by atoms with E-state index < -0.39 is 0 Å². The van der Waals surface area contributed by atoms with E-state index >= 15 is 0 Å². The molecule has 1 aliphatic heterocycles. The molecular weight excluding hydrogens is 302 g/mol. The molecule has 0 unspecified atom stereocenters. The van der Waals surface area contributed by atoms with Gasteiger partial charge in [0.25, 0.3) is 0 Å². The molecule has 0 radical (unpaired) electrons. The van der Waals surface area contributed by atoms with Crippen molar-refractivity contribution in [3.63, 3.8) is 0 Å². The van der Waals surface area contributed by atoms with Crippen LogP contribution < -0.4 is 10.2 Å². The van der Waals surface area contributed by atoms with Crippen molar-refractivity contribution in [1.82, 2.24) is 4.98 Å². The first-order valence-electron chi connectivity index (χ1n) is 8.78. The third-order valence-corrected chi connectivity index (χ3v) is 4.88. The maximum atomic E-state index is 11.4. The zero-order valence-corrected chi connectivity index (χ0v) is 14.1. The molecule has 0 atom stereocenters. The number of nitrogens with one attached hydrogen (secondary N) is 1. The number of nitrogens with zero attached hydrogens (tertiary/aromatic N) is 2. The lowest BCUT2D eigenvalue weighted by Gasteiger charge is -2.33. The molecule has 1 N–H and O–H groups in total. The Labute approximate surface area is 142 Å². The van der Waals surface area contributed by atoms with Crippen LogP contribution in [0.2, 0.25) is 0 Å². The van der Waals surface area contributed by atoms with Crippen LogP contribution in [0.1, 0.15) is 31.0 Å². The molecule has 1 fully saturated rings. The summed E-state index contributed by atoms with van der Waals surface area (Å²) < 4.78 is 5.54. The summed E-state index contributed by atoms with van der Waals surface area (Å²) in [5, 5.41) is 4.04. The lowest BCUT2D eigenvalue weighted by molar-refractivity contribution is -0.114. The average Bonchev–Trinajstić information content (AvgIpc) is 2.60. The third-order valence-electron chi connectivity index (χ3n) is 4.88. The summed E-state index contributed by atoms with van der Waals surface area (Å²) in [5.41, 5.74) is 5.82. The SMILES string of the molecule is CC(=O)Nc1ccc2nc3c(c(N4CCOCC4)c2c1)CCCC3. The Morgan fingerprint density at radius 2 is 2.00 bits per heavy atom. The number of carbonyl (C=O) groups is 1. The molecule has 0 saturated carbocycles. The van der Waals surface area contributed by atoms with Crippen molar-refractivity contribution in [2.75, 3.05) is 36.5 Å². The fraction of sp³-hybridized carbons (Fsp3) is 0.474. The summed E-state index contributed by atoms with van der Waals surface area (Å²) in [6, 6.07) is 6.04. The van der Waals surface area contributed by atoms with Gasteiger partial charge >= 0.3 is 0 Å². The summed E-state index contributed by atoms with van der Waals surface area (Å²) in [7, 11) is 0. The average molecular weight is 325 g/mol. The van der Waals surface area contributed by atoms with Gasteiger partial charge in [-0.1, -0.05) is 0 Å². The number of anilines is 2.